The van der Waals surface area contributed by atoms with Crippen molar-refractivity contribution in [2.24, 2.45) is 5.41 Å². The molecule has 0 N–H and O–H groups in total. The molecular weight excluding hydrogens is 240 g/mol. The molecule has 19 heavy (non-hydrogen) atoms. The van der Waals surface area contributed by atoms with Gasteiger partial charge < -0.3 is 4.74 Å². The zero-order valence-corrected chi connectivity index (χ0v) is 11.1. The van der Waals surface area contributed by atoms with Gasteiger partial charge in [0.2, 0.25) is 0 Å². The number of ether oxygens (including phenoxy) is 1. The molecule has 0 aromatic heterocycles. The smallest absolute Gasteiger partial charge is 0.0645 e. The molecule has 5 nitrogen and oxygen atoms in total. The third-order valence-corrected chi connectivity index (χ3v) is 3.07. The molecule has 0 heterocycles. The van der Waals surface area contributed by atoms with E-state index in [9.17, 15) is 0 Å². The quantitative estimate of drug-likeness (QED) is 0.560. The van der Waals surface area contributed by atoms with E-state index in [4.69, 9.17) is 25.8 Å². The summed E-state index contributed by atoms with van der Waals surface area (Å²) in [5.41, 5.74) is -0.295. The molecular formula is C14H18N4O. The van der Waals surface area contributed by atoms with Gasteiger partial charge in [-0.25, -0.2) is 0 Å². The summed E-state index contributed by atoms with van der Waals surface area (Å²) in [5.74, 6) is 0. The average Bonchev–Trinajstić information content (AvgIpc) is 2.44. The molecule has 100 valence electrons. The van der Waals surface area contributed by atoms with Gasteiger partial charge >= 0.3 is 0 Å². The normalized spacial score (nSPS) is 9.89. The van der Waals surface area contributed by atoms with Crippen LogP contribution in [0.2, 0.25) is 0 Å². The molecule has 0 aromatic rings. The lowest BCUT2D eigenvalue weighted by atomic mass is 9.76. The Balaban J connectivity index is 4.60. The Morgan fingerprint density at radius 2 is 1.11 bits per heavy atom. The van der Waals surface area contributed by atoms with Crippen molar-refractivity contribution in [2.75, 3.05) is 13.2 Å². The Morgan fingerprint density at radius 3 is 1.47 bits per heavy atom. The van der Waals surface area contributed by atoms with E-state index in [2.05, 4.69) is 18.2 Å². The van der Waals surface area contributed by atoms with Gasteiger partial charge in [0.1, 0.15) is 0 Å². The van der Waals surface area contributed by atoms with Crippen molar-refractivity contribution in [3.63, 3.8) is 0 Å². The zero-order chi connectivity index (χ0) is 14.4. The molecule has 0 rings (SSSR count). The highest BCUT2D eigenvalue weighted by atomic mass is 16.5. The lowest BCUT2D eigenvalue weighted by molar-refractivity contribution is 0.0316. The summed E-state index contributed by atoms with van der Waals surface area (Å²) in [6, 6.07) is 8.31. The molecule has 0 aliphatic heterocycles. The van der Waals surface area contributed by atoms with Gasteiger partial charge in [-0.3, -0.25) is 0 Å². The van der Waals surface area contributed by atoms with Crippen molar-refractivity contribution in [1.82, 2.24) is 0 Å². The first-order valence-electron chi connectivity index (χ1n) is 6.30. The Morgan fingerprint density at radius 1 is 0.684 bits per heavy atom. The van der Waals surface area contributed by atoms with Gasteiger partial charge in [-0.2, -0.15) is 21.0 Å². The van der Waals surface area contributed by atoms with Gasteiger partial charge in [-0.1, -0.05) is 0 Å². The molecule has 0 spiro atoms. The summed E-state index contributed by atoms with van der Waals surface area (Å²) in [6.07, 6.45) is 3.36. The number of nitrogens with zero attached hydrogens (tertiary/aromatic N) is 4. The molecule has 0 saturated carbocycles. The first kappa shape index (κ1) is 16.9. The second-order valence-corrected chi connectivity index (χ2v) is 4.44. The molecule has 0 aliphatic carbocycles. The average molecular weight is 258 g/mol. The largest absolute Gasteiger partial charge is 0.380 e. The van der Waals surface area contributed by atoms with Crippen LogP contribution in [-0.2, 0) is 4.74 Å². The van der Waals surface area contributed by atoms with Crippen LogP contribution in [0.3, 0.4) is 0 Å². The van der Waals surface area contributed by atoms with Gasteiger partial charge in [0.15, 0.2) is 0 Å². The fourth-order valence-corrected chi connectivity index (χ4v) is 1.96. The third kappa shape index (κ3) is 7.77. The van der Waals surface area contributed by atoms with Crippen LogP contribution in [0.25, 0.3) is 0 Å². The summed E-state index contributed by atoms with van der Waals surface area (Å²) in [5, 5.41) is 34.6. The first-order valence-corrected chi connectivity index (χ1v) is 6.30. The minimum Gasteiger partial charge on any atom is -0.380 e. The predicted molar refractivity (Wildman–Crippen MR) is 68.0 cm³/mol. The molecule has 0 atom stereocenters. The van der Waals surface area contributed by atoms with E-state index in [0.29, 0.717) is 58.2 Å². The van der Waals surface area contributed by atoms with Gasteiger partial charge in [0.25, 0.3) is 0 Å². The number of hydrogen-bond acceptors (Lipinski definition) is 5. The molecule has 0 radical (unpaired) electrons. The van der Waals surface area contributed by atoms with Crippen molar-refractivity contribution < 1.29 is 4.74 Å². The Bertz CT molecular complexity index is 360. The molecule has 0 aromatic carbocycles. The summed E-state index contributed by atoms with van der Waals surface area (Å²) >= 11 is 0. The summed E-state index contributed by atoms with van der Waals surface area (Å²) in [4.78, 5) is 0. The minimum absolute atomic E-state index is 0.295. The lowest BCUT2D eigenvalue weighted by Crippen LogP contribution is -2.27. The van der Waals surface area contributed by atoms with E-state index in [1.165, 1.54) is 0 Å². The first-order chi connectivity index (χ1) is 9.24. The van der Waals surface area contributed by atoms with Crippen LogP contribution in [-0.4, -0.2) is 13.2 Å². The van der Waals surface area contributed by atoms with E-state index in [-0.39, 0.29) is 5.41 Å². The van der Waals surface area contributed by atoms with Crippen LogP contribution >= 0.6 is 0 Å². The van der Waals surface area contributed by atoms with Crippen molar-refractivity contribution in [3.8, 4) is 24.3 Å². The van der Waals surface area contributed by atoms with Crippen molar-refractivity contribution in [1.29, 1.82) is 21.0 Å². The van der Waals surface area contributed by atoms with Crippen LogP contribution in [0.5, 0.6) is 0 Å². The number of rotatable bonds is 10. The highest BCUT2D eigenvalue weighted by Gasteiger charge is 2.29. The number of nitriles is 4. The highest BCUT2D eigenvalue weighted by Crippen LogP contribution is 2.35. The maximum Gasteiger partial charge on any atom is 0.0645 e. The summed E-state index contributed by atoms with van der Waals surface area (Å²) in [7, 11) is 0. The maximum atomic E-state index is 8.73. The zero-order valence-electron chi connectivity index (χ0n) is 11.1. The van der Waals surface area contributed by atoms with Crippen LogP contribution in [0.1, 0.15) is 44.9 Å². The van der Waals surface area contributed by atoms with Gasteiger partial charge in [0, 0.05) is 19.3 Å². The Hall–Kier alpha value is -2.08. The van der Waals surface area contributed by atoms with Gasteiger partial charge in [-0.15, -0.1) is 0 Å². The Labute approximate surface area is 114 Å². The monoisotopic (exact) mass is 258 g/mol. The molecule has 0 saturated heterocycles. The topological polar surface area (TPSA) is 104 Å². The summed E-state index contributed by atoms with van der Waals surface area (Å²) in [6.45, 7) is 0.754. The molecule has 0 amide bonds. The Kier molecular flexibility index (Phi) is 9.83. The highest BCUT2D eigenvalue weighted by molar-refractivity contribution is 4.89. The van der Waals surface area contributed by atoms with E-state index in [0.717, 1.165) is 0 Å². The van der Waals surface area contributed by atoms with Crippen LogP contribution in [0.15, 0.2) is 0 Å². The maximum absolute atomic E-state index is 8.73. The van der Waals surface area contributed by atoms with Crippen LogP contribution < -0.4 is 0 Å². The SMILES string of the molecule is N#CCCOCC(CCC#N)(CCC#N)CCC#N. The lowest BCUT2D eigenvalue weighted by Gasteiger charge is -2.31. The molecule has 5 heteroatoms. The molecule has 0 aliphatic rings. The van der Waals surface area contributed by atoms with E-state index >= 15 is 0 Å². The minimum atomic E-state index is -0.295. The standard InChI is InChI=1S/C14H18N4O/c15-8-1-5-14(6-2-9-16,7-3-10-17)13-19-12-4-11-18/h1-7,12-13H2. The second kappa shape index (κ2) is 11.0. The second-order valence-electron chi connectivity index (χ2n) is 4.44. The van der Waals surface area contributed by atoms with Gasteiger partial charge in [-0.05, 0) is 24.7 Å². The van der Waals surface area contributed by atoms with E-state index < -0.39 is 0 Å². The molecule has 0 fully saturated rings. The summed E-state index contributed by atoms with van der Waals surface area (Å²) < 4.78 is 5.48. The fraction of sp³-hybridized carbons (Fsp3) is 0.714. The number of hydrogen-bond donors (Lipinski definition) is 0. The van der Waals surface area contributed by atoms with Crippen LogP contribution in [0, 0.1) is 50.7 Å². The van der Waals surface area contributed by atoms with Crippen molar-refractivity contribution in [3.05, 3.63) is 0 Å². The van der Waals surface area contributed by atoms with Crippen LogP contribution in [0.4, 0.5) is 0 Å². The fourth-order valence-electron chi connectivity index (χ4n) is 1.96. The van der Waals surface area contributed by atoms with E-state index in [1.54, 1.807) is 0 Å². The molecule has 0 unspecified atom stereocenters. The third-order valence-electron chi connectivity index (χ3n) is 3.07. The molecule has 0 bridgehead atoms. The van der Waals surface area contributed by atoms with E-state index in [1.807, 2.05) is 6.07 Å². The van der Waals surface area contributed by atoms with Crippen molar-refractivity contribution in [2.45, 2.75) is 44.9 Å². The van der Waals surface area contributed by atoms with Gasteiger partial charge in [0.05, 0.1) is 43.9 Å². The predicted octanol–water partition coefficient (Wildman–Crippen LogP) is 2.81. The van der Waals surface area contributed by atoms with Crippen molar-refractivity contribution >= 4 is 0 Å².